The van der Waals surface area contributed by atoms with Crippen molar-refractivity contribution in [3.63, 3.8) is 0 Å². The van der Waals surface area contributed by atoms with E-state index in [-0.39, 0.29) is 5.91 Å². The average molecular weight is 450 g/mol. The zero-order chi connectivity index (χ0) is 16.8. The molecule has 2 N–H and O–H groups in total. The maximum atomic E-state index is 12.1. The van der Waals surface area contributed by atoms with Gasteiger partial charge in [-0.2, -0.15) is 0 Å². The largest absolute Gasteiger partial charge is 0.360 e. The molecule has 122 valence electrons. The van der Waals surface area contributed by atoms with Crippen molar-refractivity contribution in [2.45, 2.75) is 6.42 Å². The molecule has 0 unspecified atom stereocenters. The van der Waals surface area contributed by atoms with E-state index in [1.807, 2.05) is 30.3 Å². The van der Waals surface area contributed by atoms with Crippen LogP contribution in [0.3, 0.4) is 0 Å². The highest BCUT2D eigenvalue weighted by Gasteiger charge is 2.10. The zero-order valence-corrected chi connectivity index (χ0v) is 15.7. The number of amides is 1. The molecule has 5 nitrogen and oxygen atoms in total. The summed E-state index contributed by atoms with van der Waals surface area (Å²) in [5.74, 6) is -0.182. The molecule has 0 spiro atoms. The molecular formula is C17H15IN4OS. The fraction of sp³-hybridized carbons (Fsp3) is 0.118. The number of nitrogens with one attached hydrogen (secondary N) is 2. The summed E-state index contributed by atoms with van der Waals surface area (Å²) >= 11 is 3.53. The molecule has 0 aliphatic carbocycles. The first-order valence-electron chi connectivity index (χ1n) is 7.39. The SMILES string of the molecule is O=C(Nc1nnc(NCCc2ccccc2)s1)c1ccc(I)cc1. The van der Waals surface area contributed by atoms with E-state index in [0.29, 0.717) is 15.8 Å². The third-order valence-corrected chi connectivity index (χ3v) is 4.80. The molecule has 3 aromatic rings. The molecule has 1 heterocycles. The van der Waals surface area contributed by atoms with Gasteiger partial charge in [0.15, 0.2) is 0 Å². The van der Waals surface area contributed by atoms with Crippen LogP contribution in [0.5, 0.6) is 0 Å². The Balaban J connectivity index is 1.51. The summed E-state index contributed by atoms with van der Waals surface area (Å²) in [5, 5.41) is 15.2. The number of benzene rings is 2. The van der Waals surface area contributed by atoms with Crippen molar-refractivity contribution in [1.29, 1.82) is 0 Å². The van der Waals surface area contributed by atoms with E-state index in [2.05, 4.69) is 55.6 Å². The summed E-state index contributed by atoms with van der Waals surface area (Å²) < 4.78 is 1.09. The van der Waals surface area contributed by atoms with Crippen LogP contribution in [-0.2, 0) is 6.42 Å². The highest BCUT2D eigenvalue weighted by atomic mass is 127. The van der Waals surface area contributed by atoms with Crippen molar-refractivity contribution in [3.05, 3.63) is 69.3 Å². The maximum absolute atomic E-state index is 12.1. The first kappa shape index (κ1) is 16.8. The normalized spacial score (nSPS) is 10.4. The van der Waals surface area contributed by atoms with Crippen LogP contribution in [0.25, 0.3) is 0 Å². The molecule has 0 aliphatic rings. The Morgan fingerprint density at radius 2 is 1.71 bits per heavy atom. The number of halogens is 1. The van der Waals surface area contributed by atoms with Gasteiger partial charge in [0.2, 0.25) is 10.3 Å². The van der Waals surface area contributed by atoms with Crippen LogP contribution in [0, 0.1) is 3.57 Å². The second-order valence-electron chi connectivity index (χ2n) is 5.04. The number of hydrogen-bond donors (Lipinski definition) is 2. The number of rotatable bonds is 6. The highest BCUT2D eigenvalue weighted by Crippen LogP contribution is 2.20. The van der Waals surface area contributed by atoms with Gasteiger partial charge in [0.25, 0.3) is 5.91 Å². The predicted molar refractivity (Wildman–Crippen MR) is 106 cm³/mol. The predicted octanol–water partition coefficient (Wildman–Crippen LogP) is 4.05. The van der Waals surface area contributed by atoms with E-state index >= 15 is 0 Å². The monoisotopic (exact) mass is 450 g/mol. The van der Waals surface area contributed by atoms with Gasteiger partial charge in [0.1, 0.15) is 0 Å². The Morgan fingerprint density at radius 3 is 2.46 bits per heavy atom. The third kappa shape index (κ3) is 4.75. The summed E-state index contributed by atoms with van der Waals surface area (Å²) in [5.41, 5.74) is 1.87. The molecule has 0 saturated heterocycles. The fourth-order valence-electron chi connectivity index (χ4n) is 2.07. The average Bonchev–Trinajstić information content (AvgIpc) is 3.04. The molecule has 24 heavy (non-hydrogen) atoms. The van der Waals surface area contributed by atoms with Gasteiger partial charge in [-0.25, -0.2) is 0 Å². The number of carbonyl (C=O) groups is 1. The van der Waals surface area contributed by atoms with Crippen LogP contribution in [0.4, 0.5) is 10.3 Å². The minimum absolute atomic E-state index is 0.182. The minimum Gasteiger partial charge on any atom is -0.360 e. The molecule has 0 saturated carbocycles. The summed E-state index contributed by atoms with van der Waals surface area (Å²) in [7, 11) is 0. The Hall–Kier alpha value is -2.00. The first-order chi connectivity index (χ1) is 11.7. The van der Waals surface area contributed by atoms with E-state index in [1.165, 1.54) is 16.9 Å². The number of anilines is 2. The van der Waals surface area contributed by atoms with Crippen LogP contribution >= 0.6 is 33.9 Å². The molecule has 0 fully saturated rings. The second-order valence-corrected chi connectivity index (χ2v) is 7.26. The quantitative estimate of drug-likeness (QED) is 0.557. The molecule has 1 aromatic heterocycles. The molecule has 0 radical (unpaired) electrons. The van der Waals surface area contributed by atoms with Gasteiger partial charge in [0.05, 0.1) is 0 Å². The summed E-state index contributed by atoms with van der Waals surface area (Å²) in [6, 6.07) is 17.6. The lowest BCUT2D eigenvalue weighted by Crippen LogP contribution is -2.11. The number of carbonyl (C=O) groups excluding carboxylic acids is 1. The van der Waals surface area contributed by atoms with Crippen molar-refractivity contribution in [3.8, 4) is 0 Å². The Bertz CT molecular complexity index is 805. The van der Waals surface area contributed by atoms with Crippen LogP contribution < -0.4 is 10.6 Å². The second kappa shape index (κ2) is 8.20. The van der Waals surface area contributed by atoms with Gasteiger partial charge in [-0.3, -0.25) is 10.1 Å². The van der Waals surface area contributed by atoms with Crippen molar-refractivity contribution >= 4 is 50.1 Å². The topological polar surface area (TPSA) is 66.9 Å². The van der Waals surface area contributed by atoms with Crippen LogP contribution in [0.1, 0.15) is 15.9 Å². The van der Waals surface area contributed by atoms with Gasteiger partial charge < -0.3 is 5.32 Å². The molecule has 0 atom stereocenters. The van der Waals surface area contributed by atoms with Gasteiger partial charge in [-0.1, -0.05) is 41.7 Å². The molecule has 2 aromatic carbocycles. The van der Waals surface area contributed by atoms with Gasteiger partial charge in [-0.05, 0) is 58.8 Å². The fourth-order valence-corrected chi connectivity index (χ4v) is 3.10. The lowest BCUT2D eigenvalue weighted by Gasteiger charge is -2.02. The summed E-state index contributed by atoms with van der Waals surface area (Å²) in [4.78, 5) is 12.1. The van der Waals surface area contributed by atoms with E-state index in [0.717, 1.165) is 16.5 Å². The van der Waals surface area contributed by atoms with E-state index in [9.17, 15) is 4.79 Å². The van der Waals surface area contributed by atoms with Crippen molar-refractivity contribution < 1.29 is 4.79 Å². The molecular weight excluding hydrogens is 435 g/mol. The number of hydrogen-bond acceptors (Lipinski definition) is 5. The Morgan fingerprint density at radius 1 is 1.00 bits per heavy atom. The van der Waals surface area contributed by atoms with Crippen molar-refractivity contribution in [1.82, 2.24) is 10.2 Å². The van der Waals surface area contributed by atoms with Gasteiger partial charge in [-0.15, -0.1) is 10.2 Å². The Kier molecular flexibility index (Phi) is 5.76. The summed E-state index contributed by atoms with van der Waals surface area (Å²) in [6.45, 7) is 0.768. The lowest BCUT2D eigenvalue weighted by molar-refractivity contribution is 0.102. The molecule has 1 amide bonds. The molecule has 3 rings (SSSR count). The minimum atomic E-state index is -0.182. The third-order valence-electron chi connectivity index (χ3n) is 3.28. The van der Waals surface area contributed by atoms with Crippen LogP contribution in [0.15, 0.2) is 54.6 Å². The first-order valence-corrected chi connectivity index (χ1v) is 9.28. The Labute approximate surface area is 157 Å². The summed E-state index contributed by atoms with van der Waals surface area (Å²) in [6.07, 6.45) is 0.908. The van der Waals surface area contributed by atoms with E-state index < -0.39 is 0 Å². The molecule has 7 heteroatoms. The van der Waals surface area contributed by atoms with E-state index in [1.54, 1.807) is 12.1 Å². The highest BCUT2D eigenvalue weighted by molar-refractivity contribution is 14.1. The van der Waals surface area contributed by atoms with Gasteiger partial charge in [0, 0.05) is 15.7 Å². The van der Waals surface area contributed by atoms with Crippen LogP contribution in [0.2, 0.25) is 0 Å². The zero-order valence-electron chi connectivity index (χ0n) is 12.7. The van der Waals surface area contributed by atoms with Gasteiger partial charge >= 0.3 is 0 Å². The maximum Gasteiger partial charge on any atom is 0.257 e. The van der Waals surface area contributed by atoms with Crippen molar-refractivity contribution in [2.75, 3.05) is 17.2 Å². The molecule has 0 aliphatic heterocycles. The molecule has 0 bridgehead atoms. The lowest BCUT2D eigenvalue weighted by atomic mass is 10.2. The van der Waals surface area contributed by atoms with Crippen molar-refractivity contribution in [2.24, 2.45) is 0 Å². The number of aromatic nitrogens is 2. The smallest absolute Gasteiger partial charge is 0.257 e. The number of nitrogens with zero attached hydrogens (tertiary/aromatic N) is 2. The standard InChI is InChI=1S/C17H15IN4OS/c18-14-8-6-13(7-9-14)15(23)20-17-22-21-16(24-17)19-11-10-12-4-2-1-3-5-12/h1-9H,10-11H2,(H,19,21)(H,20,22,23). The van der Waals surface area contributed by atoms with Crippen LogP contribution in [-0.4, -0.2) is 22.6 Å². The van der Waals surface area contributed by atoms with E-state index in [4.69, 9.17) is 0 Å².